The summed E-state index contributed by atoms with van der Waals surface area (Å²) in [6.45, 7) is 4.75. The van der Waals surface area contributed by atoms with Gasteiger partial charge in [0.25, 0.3) is 0 Å². The molecule has 12 heteroatoms. The number of ether oxygens (including phenoxy) is 1. The van der Waals surface area contributed by atoms with Crippen molar-refractivity contribution >= 4 is 12.0 Å². The maximum absolute atomic E-state index is 13.1. The zero-order chi connectivity index (χ0) is 29.0. The number of amides is 2. The molecule has 1 aliphatic carbocycles. The first-order valence-corrected chi connectivity index (χ1v) is 13.3. The summed E-state index contributed by atoms with van der Waals surface area (Å²) in [6, 6.07) is 6.09. The van der Waals surface area contributed by atoms with Crippen LogP contribution in [0.2, 0.25) is 0 Å². The number of alkyl halides is 3. The van der Waals surface area contributed by atoms with Gasteiger partial charge < -0.3 is 30.1 Å². The Balaban J connectivity index is 0.000000673. The van der Waals surface area contributed by atoms with E-state index in [2.05, 4.69) is 10.2 Å². The van der Waals surface area contributed by atoms with Crippen molar-refractivity contribution in [2.24, 2.45) is 17.8 Å². The highest BCUT2D eigenvalue weighted by Crippen LogP contribution is 2.28. The van der Waals surface area contributed by atoms with Crippen molar-refractivity contribution in [1.29, 1.82) is 0 Å². The number of carboxylic acids is 1. The zero-order valence-corrected chi connectivity index (χ0v) is 22.6. The Morgan fingerprint density at radius 1 is 1.05 bits per heavy atom. The molecule has 1 aromatic carbocycles. The lowest BCUT2D eigenvalue weighted by atomic mass is 9.82. The number of aliphatic carboxylic acids is 1. The van der Waals surface area contributed by atoms with Gasteiger partial charge in [0, 0.05) is 40.4 Å². The van der Waals surface area contributed by atoms with Gasteiger partial charge in [-0.15, -0.1) is 0 Å². The van der Waals surface area contributed by atoms with Crippen molar-refractivity contribution in [3.8, 4) is 0 Å². The number of hydrogen-bond acceptors (Lipinski definition) is 5. The van der Waals surface area contributed by atoms with Gasteiger partial charge in [0.1, 0.15) is 5.82 Å². The van der Waals surface area contributed by atoms with E-state index < -0.39 is 18.2 Å². The Kier molecular flexibility index (Phi) is 13.4. The van der Waals surface area contributed by atoms with Gasteiger partial charge in [-0.3, -0.25) is 0 Å². The minimum atomic E-state index is -5.08. The monoisotopic (exact) mass is 563 g/mol. The van der Waals surface area contributed by atoms with E-state index in [4.69, 9.17) is 14.6 Å². The molecule has 2 amide bonds. The van der Waals surface area contributed by atoms with E-state index >= 15 is 0 Å². The maximum atomic E-state index is 13.1. The number of carbonyl (C=O) groups excluding carboxylic acids is 1. The van der Waals surface area contributed by atoms with Crippen LogP contribution in [0.3, 0.4) is 0 Å². The van der Waals surface area contributed by atoms with Crippen molar-refractivity contribution < 1.29 is 42.1 Å². The molecule has 1 aliphatic heterocycles. The van der Waals surface area contributed by atoms with Crippen LogP contribution in [0, 0.1) is 23.6 Å². The summed E-state index contributed by atoms with van der Waals surface area (Å²) in [5.74, 6) is -1.31. The molecule has 39 heavy (non-hydrogen) atoms. The molecule has 1 atom stereocenters. The molecule has 2 fully saturated rings. The maximum Gasteiger partial charge on any atom is 0.490 e. The van der Waals surface area contributed by atoms with Crippen LogP contribution in [-0.4, -0.2) is 91.7 Å². The summed E-state index contributed by atoms with van der Waals surface area (Å²) in [5, 5.41) is 20.7. The Labute approximate surface area is 227 Å². The highest BCUT2D eigenvalue weighted by atomic mass is 19.4. The number of benzene rings is 1. The molecule has 0 aromatic heterocycles. The lowest BCUT2D eigenvalue weighted by molar-refractivity contribution is -0.192. The van der Waals surface area contributed by atoms with Crippen molar-refractivity contribution in [2.75, 3.05) is 53.5 Å². The predicted octanol–water partition coefficient (Wildman–Crippen LogP) is 4.30. The number of carbonyl (C=O) groups is 2. The van der Waals surface area contributed by atoms with Crippen LogP contribution in [0.5, 0.6) is 0 Å². The Bertz CT molecular complexity index is 871. The number of nitrogens with one attached hydrogen (secondary N) is 1. The predicted molar refractivity (Wildman–Crippen MR) is 138 cm³/mol. The third kappa shape index (κ3) is 12.1. The quantitative estimate of drug-likeness (QED) is 0.388. The number of carboxylic acid groups (broad SMARTS) is 1. The van der Waals surface area contributed by atoms with E-state index in [1.165, 1.54) is 37.8 Å². The SMILES string of the molecule is COCC1CCC(CNC(=O)N(C)CC2CCN(CC(O)c3ccc(F)cc3)CC2)CC1.O=C(O)C(F)(F)F. The van der Waals surface area contributed by atoms with Gasteiger partial charge in [0.05, 0.1) is 6.10 Å². The lowest BCUT2D eigenvalue weighted by Gasteiger charge is -2.35. The number of likely N-dealkylation sites (tertiary alicyclic amines) is 1. The van der Waals surface area contributed by atoms with Crippen LogP contribution in [0.15, 0.2) is 24.3 Å². The van der Waals surface area contributed by atoms with Gasteiger partial charge in [0.2, 0.25) is 0 Å². The fourth-order valence-corrected chi connectivity index (χ4v) is 5.06. The van der Waals surface area contributed by atoms with E-state index in [9.17, 15) is 27.5 Å². The Morgan fingerprint density at radius 3 is 2.10 bits per heavy atom. The van der Waals surface area contributed by atoms with E-state index in [1.807, 2.05) is 11.9 Å². The van der Waals surface area contributed by atoms with Gasteiger partial charge in [-0.25, -0.2) is 14.0 Å². The highest BCUT2D eigenvalue weighted by Gasteiger charge is 2.38. The minimum Gasteiger partial charge on any atom is -0.475 e. The molecule has 3 N–H and O–H groups in total. The minimum absolute atomic E-state index is 0.0261. The fraction of sp³-hybridized carbons (Fsp3) is 0.704. The molecule has 2 aliphatic rings. The second-order valence-electron chi connectivity index (χ2n) is 10.5. The zero-order valence-electron chi connectivity index (χ0n) is 22.6. The van der Waals surface area contributed by atoms with Crippen molar-refractivity contribution in [2.45, 2.75) is 50.8 Å². The van der Waals surface area contributed by atoms with Crippen LogP contribution in [0.25, 0.3) is 0 Å². The third-order valence-corrected chi connectivity index (χ3v) is 7.42. The standard InChI is InChI=1S/C25H40FN3O3.C2HF3O2/c1-28(25(31)27-15-19-3-5-21(6-4-19)18-32-2)16-20-11-13-29(14-12-20)17-24(30)22-7-9-23(26)10-8-22;3-2(4,5)1(6)7/h7-10,19-21,24,30H,3-6,11-18H2,1-2H3,(H,27,31);(H,6,7). The summed E-state index contributed by atoms with van der Waals surface area (Å²) < 4.78 is 50.1. The molecule has 1 aromatic rings. The van der Waals surface area contributed by atoms with E-state index in [1.54, 1.807) is 19.2 Å². The molecular formula is C27H41F4N3O5. The van der Waals surface area contributed by atoms with Gasteiger partial charge in [-0.1, -0.05) is 12.1 Å². The second kappa shape index (κ2) is 16.0. The molecule has 0 radical (unpaired) electrons. The molecule has 0 bridgehead atoms. The molecule has 1 heterocycles. The topological polar surface area (TPSA) is 102 Å². The summed E-state index contributed by atoms with van der Waals surface area (Å²) in [7, 11) is 3.65. The highest BCUT2D eigenvalue weighted by molar-refractivity contribution is 5.73. The van der Waals surface area contributed by atoms with E-state index in [0.29, 0.717) is 24.3 Å². The Morgan fingerprint density at radius 2 is 1.59 bits per heavy atom. The number of halogens is 4. The first kappa shape index (κ1) is 32.8. The average Bonchev–Trinajstić information content (AvgIpc) is 2.89. The Hall–Kier alpha value is -2.44. The molecule has 1 saturated heterocycles. The van der Waals surface area contributed by atoms with E-state index in [0.717, 1.165) is 51.2 Å². The van der Waals surface area contributed by atoms with Crippen molar-refractivity contribution in [3.05, 3.63) is 35.6 Å². The summed E-state index contributed by atoms with van der Waals surface area (Å²) in [4.78, 5) is 25.5. The smallest absolute Gasteiger partial charge is 0.475 e. The second-order valence-corrected chi connectivity index (χ2v) is 10.5. The number of hydrogen-bond donors (Lipinski definition) is 3. The number of β-amino-alcohol motifs (C(OH)–C–C–N with tert-alkyl or cyclic N) is 1. The van der Waals surface area contributed by atoms with Crippen LogP contribution >= 0.6 is 0 Å². The molecule has 222 valence electrons. The number of aliphatic hydroxyl groups excluding tert-OH is 1. The van der Waals surface area contributed by atoms with Crippen molar-refractivity contribution in [1.82, 2.24) is 15.1 Å². The average molecular weight is 564 g/mol. The van der Waals surface area contributed by atoms with Crippen molar-refractivity contribution in [3.63, 3.8) is 0 Å². The molecule has 0 spiro atoms. The number of urea groups is 1. The third-order valence-electron chi connectivity index (χ3n) is 7.42. The lowest BCUT2D eigenvalue weighted by Crippen LogP contribution is -2.44. The van der Waals surface area contributed by atoms with Gasteiger partial charge >= 0.3 is 18.2 Å². The molecule has 8 nitrogen and oxygen atoms in total. The first-order chi connectivity index (χ1) is 18.4. The van der Waals surface area contributed by atoms with E-state index in [-0.39, 0.29) is 11.8 Å². The number of rotatable bonds is 9. The molecule has 1 saturated carbocycles. The van der Waals surface area contributed by atoms with Gasteiger partial charge in [-0.2, -0.15) is 13.2 Å². The molecular weight excluding hydrogens is 522 g/mol. The van der Waals surface area contributed by atoms with Crippen LogP contribution in [-0.2, 0) is 9.53 Å². The van der Waals surface area contributed by atoms with Gasteiger partial charge in [0.15, 0.2) is 0 Å². The fourth-order valence-electron chi connectivity index (χ4n) is 5.06. The number of nitrogens with zero attached hydrogens (tertiary/aromatic N) is 2. The number of piperidine rings is 1. The van der Waals surface area contributed by atoms with Crippen LogP contribution in [0.1, 0.15) is 50.2 Å². The normalized spacial score (nSPS) is 21.4. The van der Waals surface area contributed by atoms with Crippen LogP contribution < -0.4 is 5.32 Å². The van der Waals surface area contributed by atoms with Gasteiger partial charge in [-0.05, 0) is 87.1 Å². The van der Waals surface area contributed by atoms with Crippen LogP contribution in [0.4, 0.5) is 22.4 Å². The summed E-state index contributed by atoms with van der Waals surface area (Å²) in [6.07, 6.45) is 1.05. The molecule has 1 unspecified atom stereocenters. The summed E-state index contributed by atoms with van der Waals surface area (Å²) in [5.41, 5.74) is 0.747. The summed E-state index contributed by atoms with van der Waals surface area (Å²) >= 11 is 0. The largest absolute Gasteiger partial charge is 0.490 e. The molecule has 3 rings (SSSR count). The number of methoxy groups -OCH3 is 1. The number of aliphatic hydroxyl groups is 1. The first-order valence-electron chi connectivity index (χ1n) is 13.3.